The van der Waals surface area contributed by atoms with Crippen LogP contribution in [0.25, 0.3) is 5.57 Å². The number of aliphatic hydroxyl groups excluding tert-OH is 1. The summed E-state index contributed by atoms with van der Waals surface area (Å²) in [5.41, 5.74) is 3.19. The van der Waals surface area contributed by atoms with Gasteiger partial charge in [-0.2, -0.15) is 0 Å². The molecule has 0 aromatic heterocycles. The van der Waals surface area contributed by atoms with Crippen molar-refractivity contribution in [3.8, 4) is 0 Å². The van der Waals surface area contributed by atoms with Crippen LogP contribution in [-0.4, -0.2) is 23.3 Å². The highest BCUT2D eigenvalue weighted by atomic mass is 19.3. The molecule has 3 aliphatic rings. The highest BCUT2D eigenvalue weighted by Crippen LogP contribution is 2.40. The molecule has 4 nitrogen and oxygen atoms in total. The van der Waals surface area contributed by atoms with Crippen molar-refractivity contribution in [1.29, 1.82) is 0 Å². The maximum atomic E-state index is 13.6. The summed E-state index contributed by atoms with van der Waals surface area (Å²) in [5, 5.41) is 16.5. The van der Waals surface area contributed by atoms with Crippen molar-refractivity contribution in [3.05, 3.63) is 64.9 Å². The number of rotatable bonds is 5. The first-order chi connectivity index (χ1) is 13.3. The van der Waals surface area contributed by atoms with E-state index in [4.69, 9.17) is 0 Å². The largest absolute Gasteiger partial charge is 0.370 e. The van der Waals surface area contributed by atoms with Crippen LogP contribution in [0.5, 0.6) is 0 Å². The first-order valence-electron chi connectivity index (χ1n) is 9.68. The molecule has 1 saturated carbocycles. The molecule has 28 heavy (non-hydrogen) atoms. The van der Waals surface area contributed by atoms with E-state index in [9.17, 15) is 18.7 Å². The third kappa shape index (κ3) is 4.02. The maximum absolute atomic E-state index is 13.6. The molecule has 2 aliphatic heterocycles. The number of dihydropyridines is 1. The topological polar surface area (TPSA) is 61.4 Å². The first-order valence-corrected chi connectivity index (χ1v) is 9.68. The summed E-state index contributed by atoms with van der Waals surface area (Å²) in [7, 11) is 0. The van der Waals surface area contributed by atoms with Crippen LogP contribution in [0, 0.1) is 5.92 Å². The smallest absolute Gasteiger partial charge is 0.270 e. The molecule has 6 heteroatoms. The standard InChI is InChI=1S/C22H24F2N2O2/c1-22(23,24)15-6-4-14(5-7-15)18(12-16-8-11-20(27)25-16)19-10-9-17(13-2-3-13)21(28)26-19/h4-7,9-10,12-13,16,21,26,28H,2-3,8,11H2,1H3,(H,25,27)/b18-12-/t16-,21?/m1/s1. The van der Waals surface area contributed by atoms with Gasteiger partial charge in [0.1, 0.15) is 6.23 Å². The zero-order chi connectivity index (χ0) is 19.9. The molecule has 0 radical (unpaired) electrons. The summed E-state index contributed by atoms with van der Waals surface area (Å²) in [6.07, 6.45) is 8.39. The molecule has 2 fully saturated rings. The second-order valence-electron chi connectivity index (χ2n) is 7.83. The van der Waals surface area contributed by atoms with Gasteiger partial charge in [-0.25, -0.2) is 8.78 Å². The minimum atomic E-state index is -2.90. The van der Waals surface area contributed by atoms with Crippen LogP contribution in [0.1, 0.15) is 43.7 Å². The Kier molecular flexibility index (Phi) is 4.83. The van der Waals surface area contributed by atoms with E-state index in [0.717, 1.165) is 36.5 Å². The predicted octanol–water partition coefficient (Wildman–Crippen LogP) is 3.60. The fourth-order valence-electron chi connectivity index (χ4n) is 3.74. The van der Waals surface area contributed by atoms with Gasteiger partial charge in [-0.1, -0.05) is 36.4 Å². The van der Waals surface area contributed by atoms with E-state index in [1.165, 1.54) is 12.1 Å². The lowest BCUT2D eigenvalue weighted by Crippen LogP contribution is -2.34. The number of hydrogen-bond acceptors (Lipinski definition) is 3. The molecule has 4 rings (SSSR count). The molecule has 0 spiro atoms. The van der Waals surface area contributed by atoms with Crippen molar-refractivity contribution in [2.75, 3.05) is 0 Å². The van der Waals surface area contributed by atoms with E-state index in [-0.39, 0.29) is 17.5 Å². The number of hydrogen-bond donors (Lipinski definition) is 3. The number of alkyl halides is 2. The maximum Gasteiger partial charge on any atom is 0.270 e. The lowest BCUT2D eigenvalue weighted by Gasteiger charge is -2.26. The molecular formula is C22H24F2N2O2. The van der Waals surface area contributed by atoms with Gasteiger partial charge in [-0.3, -0.25) is 4.79 Å². The van der Waals surface area contributed by atoms with E-state index < -0.39 is 12.2 Å². The number of carbonyl (C=O) groups excluding carboxylic acids is 1. The summed E-state index contributed by atoms with van der Waals surface area (Å²) in [4.78, 5) is 11.6. The van der Waals surface area contributed by atoms with E-state index >= 15 is 0 Å². The van der Waals surface area contributed by atoms with Crippen LogP contribution < -0.4 is 10.6 Å². The van der Waals surface area contributed by atoms with Gasteiger partial charge in [-0.05, 0) is 42.4 Å². The third-order valence-corrected chi connectivity index (χ3v) is 5.49. The highest BCUT2D eigenvalue weighted by Gasteiger charge is 2.32. The normalized spacial score (nSPS) is 25.7. The average Bonchev–Trinajstić information content (AvgIpc) is 3.40. The van der Waals surface area contributed by atoms with Crippen molar-refractivity contribution in [2.24, 2.45) is 5.92 Å². The van der Waals surface area contributed by atoms with Gasteiger partial charge in [-0.15, -0.1) is 0 Å². The van der Waals surface area contributed by atoms with Gasteiger partial charge in [0.15, 0.2) is 0 Å². The van der Waals surface area contributed by atoms with Crippen LogP contribution in [0.3, 0.4) is 0 Å². The Balaban J connectivity index is 1.68. The van der Waals surface area contributed by atoms with Crippen LogP contribution in [-0.2, 0) is 10.7 Å². The van der Waals surface area contributed by atoms with Gasteiger partial charge < -0.3 is 15.7 Å². The Morgan fingerprint density at radius 1 is 1.14 bits per heavy atom. The third-order valence-electron chi connectivity index (χ3n) is 5.49. The zero-order valence-corrected chi connectivity index (χ0v) is 15.7. The van der Waals surface area contributed by atoms with Crippen LogP contribution in [0.4, 0.5) is 8.78 Å². The fraction of sp³-hybridized carbons (Fsp3) is 0.409. The summed E-state index contributed by atoms with van der Waals surface area (Å²) in [5.74, 6) is -2.46. The van der Waals surface area contributed by atoms with Crippen LogP contribution in [0.15, 0.2) is 53.8 Å². The molecule has 1 unspecified atom stereocenters. The van der Waals surface area contributed by atoms with Crippen molar-refractivity contribution < 1.29 is 18.7 Å². The Hall–Kier alpha value is -2.47. The molecule has 148 valence electrons. The number of aliphatic hydroxyl groups is 1. The van der Waals surface area contributed by atoms with Gasteiger partial charge in [0, 0.05) is 36.2 Å². The van der Waals surface area contributed by atoms with Gasteiger partial charge >= 0.3 is 0 Å². The number of amides is 1. The van der Waals surface area contributed by atoms with E-state index in [1.807, 2.05) is 18.2 Å². The van der Waals surface area contributed by atoms with E-state index in [0.29, 0.717) is 24.5 Å². The lowest BCUT2D eigenvalue weighted by atomic mass is 9.94. The lowest BCUT2D eigenvalue weighted by molar-refractivity contribution is -0.119. The number of benzene rings is 1. The first kappa shape index (κ1) is 18.9. The van der Waals surface area contributed by atoms with E-state index in [2.05, 4.69) is 10.6 Å². The Labute approximate surface area is 163 Å². The Bertz CT molecular complexity index is 862. The average molecular weight is 386 g/mol. The molecule has 3 N–H and O–H groups in total. The molecule has 2 atom stereocenters. The molecular weight excluding hydrogens is 362 g/mol. The molecule has 1 amide bonds. The van der Waals surface area contributed by atoms with Gasteiger partial charge in [0.2, 0.25) is 5.91 Å². The van der Waals surface area contributed by atoms with Crippen LogP contribution >= 0.6 is 0 Å². The van der Waals surface area contributed by atoms with Crippen LogP contribution in [0.2, 0.25) is 0 Å². The number of halogens is 2. The van der Waals surface area contributed by atoms with Crippen molar-refractivity contribution >= 4 is 11.5 Å². The summed E-state index contributed by atoms with van der Waals surface area (Å²) in [6.45, 7) is 0.874. The summed E-state index contributed by atoms with van der Waals surface area (Å²) in [6, 6.07) is 6.03. The van der Waals surface area contributed by atoms with Crippen molar-refractivity contribution in [2.45, 2.75) is 50.8 Å². The molecule has 1 aromatic carbocycles. The quantitative estimate of drug-likeness (QED) is 0.725. The molecule has 2 heterocycles. The van der Waals surface area contributed by atoms with Gasteiger partial charge in [0.05, 0.1) is 0 Å². The zero-order valence-electron chi connectivity index (χ0n) is 15.7. The SMILES string of the molecule is CC(F)(F)c1ccc(/C(=C/[C@H]2CCC(=O)N2)C2=CC=C(C3CC3)C(O)N2)cc1. The summed E-state index contributed by atoms with van der Waals surface area (Å²) < 4.78 is 27.1. The van der Waals surface area contributed by atoms with E-state index in [1.54, 1.807) is 12.1 Å². The highest BCUT2D eigenvalue weighted by molar-refractivity contribution is 5.83. The second kappa shape index (κ2) is 7.17. The molecule has 1 saturated heterocycles. The second-order valence-corrected chi connectivity index (χ2v) is 7.83. The Morgan fingerprint density at radius 2 is 1.86 bits per heavy atom. The van der Waals surface area contributed by atoms with Crippen molar-refractivity contribution in [3.63, 3.8) is 0 Å². The molecule has 1 aromatic rings. The number of allylic oxidation sites excluding steroid dienone is 3. The van der Waals surface area contributed by atoms with Gasteiger partial charge in [0.25, 0.3) is 5.92 Å². The predicted molar refractivity (Wildman–Crippen MR) is 103 cm³/mol. The minimum absolute atomic E-state index is 0.00288. The number of carbonyl (C=O) groups is 1. The molecule has 1 aliphatic carbocycles. The minimum Gasteiger partial charge on any atom is -0.370 e. The Morgan fingerprint density at radius 3 is 2.39 bits per heavy atom. The van der Waals surface area contributed by atoms with Crippen molar-refractivity contribution in [1.82, 2.24) is 10.6 Å². The fourth-order valence-corrected chi connectivity index (χ4v) is 3.74. The summed E-state index contributed by atoms with van der Waals surface area (Å²) >= 11 is 0. The monoisotopic (exact) mass is 386 g/mol. The number of nitrogens with one attached hydrogen (secondary N) is 2. The molecule has 0 bridgehead atoms.